The predicted octanol–water partition coefficient (Wildman–Crippen LogP) is 0.882. The molecule has 0 radical (unpaired) electrons. The minimum Gasteiger partial charge on any atom is -0.508 e. The van der Waals surface area contributed by atoms with Gasteiger partial charge in [0.15, 0.2) is 5.82 Å². The molecular weight excluding hydrogens is 230 g/mol. The minimum absolute atomic E-state index is 0.263. The van der Waals surface area contributed by atoms with E-state index in [0.717, 1.165) is 30.1 Å². The Labute approximate surface area is 105 Å². The average molecular weight is 245 g/mol. The minimum atomic E-state index is -0.305. The molecule has 1 aromatic carbocycles. The van der Waals surface area contributed by atoms with E-state index in [1.54, 1.807) is 16.8 Å². The van der Waals surface area contributed by atoms with Gasteiger partial charge in [0.05, 0.1) is 12.6 Å². The third-order valence-electron chi connectivity index (χ3n) is 3.18. The predicted molar refractivity (Wildman–Crippen MR) is 65.3 cm³/mol. The molecule has 0 saturated carbocycles. The smallest absolute Gasteiger partial charge is 0.155 e. The van der Waals surface area contributed by atoms with Gasteiger partial charge < -0.3 is 10.2 Å². The zero-order chi connectivity index (χ0) is 12.5. The van der Waals surface area contributed by atoms with E-state index in [1.807, 2.05) is 12.1 Å². The first-order valence-corrected chi connectivity index (χ1v) is 6.09. The van der Waals surface area contributed by atoms with E-state index in [9.17, 15) is 10.2 Å². The molecule has 0 amide bonds. The zero-order valence-corrected chi connectivity index (χ0v) is 9.95. The van der Waals surface area contributed by atoms with Crippen LogP contribution in [0, 0.1) is 0 Å². The van der Waals surface area contributed by atoms with E-state index in [-0.39, 0.29) is 11.9 Å². The maximum Gasteiger partial charge on any atom is 0.155 e. The van der Waals surface area contributed by atoms with Gasteiger partial charge in [-0.2, -0.15) is 5.10 Å². The van der Waals surface area contributed by atoms with E-state index in [0.29, 0.717) is 13.0 Å². The van der Waals surface area contributed by atoms with Crippen molar-refractivity contribution in [2.75, 3.05) is 0 Å². The molecule has 1 atom stereocenters. The van der Waals surface area contributed by atoms with Crippen LogP contribution in [0.3, 0.4) is 0 Å². The average Bonchev–Trinajstić information content (AvgIpc) is 2.73. The Kier molecular flexibility index (Phi) is 2.76. The molecule has 0 spiro atoms. The van der Waals surface area contributed by atoms with Crippen LogP contribution in [0.25, 0.3) is 0 Å². The molecule has 2 aromatic rings. The van der Waals surface area contributed by atoms with Gasteiger partial charge in [-0.25, -0.2) is 9.67 Å². The van der Waals surface area contributed by atoms with Crippen LogP contribution in [0.2, 0.25) is 0 Å². The number of benzene rings is 1. The number of phenolic OH excluding ortho intramolecular Hbond substituents is 1. The molecule has 1 aliphatic rings. The highest BCUT2D eigenvalue weighted by atomic mass is 16.3. The first-order valence-electron chi connectivity index (χ1n) is 6.09. The molecule has 3 rings (SSSR count). The first kappa shape index (κ1) is 11.2. The van der Waals surface area contributed by atoms with Crippen molar-refractivity contribution in [3.63, 3.8) is 0 Å². The lowest BCUT2D eigenvalue weighted by Gasteiger charge is -2.16. The van der Waals surface area contributed by atoms with E-state index in [2.05, 4.69) is 10.1 Å². The van der Waals surface area contributed by atoms with Crippen molar-refractivity contribution < 1.29 is 10.2 Å². The van der Waals surface area contributed by atoms with E-state index in [1.165, 1.54) is 0 Å². The van der Waals surface area contributed by atoms with E-state index < -0.39 is 0 Å². The Balaban J connectivity index is 1.79. The van der Waals surface area contributed by atoms with Crippen molar-refractivity contribution in [3.05, 3.63) is 41.5 Å². The van der Waals surface area contributed by atoms with Gasteiger partial charge in [-0.1, -0.05) is 12.1 Å². The van der Waals surface area contributed by atoms with Crippen molar-refractivity contribution in [3.8, 4) is 5.75 Å². The summed E-state index contributed by atoms with van der Waals surface area (Å²) in [5.74, 6) is 1.98. The van der Waals surface area contributed by atoms with Crippen molar-refractivity contribution >= 4 is 0 Å². The molecule has 0 aliphatic carbocycles. The van der Waals surface area contributed by atoms with Crippen molar-refractivity contribution in [1.82, 2.24) is 14.8 Å². The molecular formula is C13H15N3O2. The number of aromatic nitrogens is 3. The lowest BCUT2D eigenvalue weighted by Crippen LogP contribution is -2.25. The fourth-order valence-electron chi connectivity index (χ4n) is 2.22. The summed E-state index contributed by atoms with van der Waals surface area (Å²) in [6.07, 6.45) is 1.89. The van der Waals surface area contributed by atoms with Gasteiger partial charge in [0, 0.05) is 12.8 Å². The lowest BCUT2D eigenvalue weighted by atomic mass is 10.1. The van der Waals surface area contributed by atoms with Crippen molar-refractivity contribution in [2.24, 2.45) is 0 Å². The number of phenols is 1. The molecule has 0 bridgehead atoms. The van der Waals surface area contributed by atoms with Gasteiger partial charge in [0.25, 0.3) is 0 Å². The summed E-state index contributed by atoms with van der Waals surface area (Å²) in [6.45, 7) is 0.540. The Bertz CT molecular complexity index is 548. The molecule has 2 N–H and O–H groups in total. The molecule has 5 nitrogen and oxygen atoms in total. The van der Waals surface area contributed by atoms with Gasteiger partial charge in [-0.3, -0.25) is 0 Å². The van der Waals surface area contributed by atoms with Crippen LogP contribution < -0.4 is 0 Å². The highest BCUT2D eigenvalue weighted by Gasteiger charge is 2.19. The summed E-state index contributed by atoms with van der Waals surface area (Å²) in [5.41, 5.74) is 1.07. The van der Waals surface area contributed by atoms with Crippen LogP contribution in [0.5, 0.6) is 5.75 Å². The molecule has 0 saturated heterocycles. The Morgan fingerprint density at radius 3 is 2.83 bits per heavy atom. The Hall–Kier alpha value is -1.88. The van der Waals surface area contributed by atoms with Crippen LogP contribution in [0.4, 0.5) is 0 Å². The van der Waals surface area contributed by atoms with Gasteiger partial charge in [0.2, 0.25) is 0 Å². The molecule has 5 heteroatoms. The maximum atomic E-state index is 9.57. The summed E-state index contributed by atoms with van der Waals surface area (Å²) in [7, 11) is 0. The van der Waals surface area contributed by atoms with Crippen LogP contribution in [-0.4, -0.2) is 31.1 Å². The highest BCUT2D eigenvalue weighted by Crippen LogP contribution is 2.16. The van der Waals surface area contributed by atoms with Gasteiger partial charge in [-0.05, 0) is 24.1 Å². The molecule has 2 heterocycles. The largest absolute Gasteiger partial charge is 0.508 e. The molecule has 1 aliphatic heterocycles. The molecule has 1 aromatic heterocycles. The van der Waals surface area contributed by atoms with Crippen molar-refractivity contribution in [1.29, 1.82) is 0 Å². The molecule has 94 valence electrons. The van der Waals surface area contributed by atoms with Crippen LogP contribution in [0.1, 0.15) is 23.6 Å². The molecule has 18 heavy (non-hydrogen) atoms. The third kappa shape index (κ3) is 2.22. The summed E-state index contributed by atoms with van der Waals surface area (Å²) in [5, 5.41) is 23.2. The first-order chi connectivity index (χ1) is 8.70. The van der Waals surface area contributed by atoms with Crippen LogP contribution in [0.15, 0.2) is 24.3 Å². The monoisotopic (exact) mass is 245 g/mol. The normalized spacial score (nSPS) is 18.6. The van der Waals surface area contributed by atoms with E-state index >= 15 is 0 Å². The number of aliphatic hydroxyl groups excluding tert-OH is 1. The summed E-state index contributed by atoms with van der Waals surface area (Å²) >= 11 is 0. The molecule has 1 unspecified atom stereocenters. The second kappa shape index (κ2) is 4.42. The van der Waals surface area contributed by atoms with Gasteiger partial charge in [-0.15, -0.1) is 0 Å². The Morgan fingerprint density at radius 2 is 2.06 bits per heavy atom. The van der Waals surface area contributed by atoms with Gasteiger partial charge in [0.1, 0.15) is 11.6 Å². The quantitative estimate of drug-likeness (QED) is 0.824. The number of hydrogen-bond acceptors (Lipinski definition) is 4. The number of nitrogens with zero attached hydrogens (tertiary/aromatic N) is 3. The Morgan fingerprint density at radius 1 is 1.28 bits per heavy atom. The second-order valence-corrected chi connectivity index (χ2v) is 4.66. The highest BCUT2D eigenvalue weighted by molar-refractivity contribution is 5.27. The van der Waals surface area contributed by atoms with Crippen molar-refractivity contribution in [2.45, 2.75) is 31.9 Å². The van der Waals surface area contributed by atoms with Gasteiger partial charge >= 0.3 is 0 Å². The number of hydrogen-bond donors (Lipinski definition) is 2. The molecule has 0 fully saturated rings. The van der Waals surface area contributed by atoms with Crippen LogP contribution >= 0.6 is 0 Å². The topological polar surface area (TPSA) is 71.2 Å². The zero-order valence-electron chi connectivity index (χ0n) is 9.95. The summed E-state index contributed by atoms with van der Waals surface area (Å²) in [6, 6.07) is 7.05. The summed E-state index contributed by atoms with van der Waals surface area (Å²) in [4.78, 5) is 4.48. The number of fused-ring (bicyclic) bond motifs is 1. The number of aliphatic hydroxyl groups is 1. The standard InChI is InChI=1S/C13H15N3O2/c17-10-3-1-9(2-4-10)7-12-14-13-6-5-11(18)8-16(13)15-12/h1-4,11,17-18H,5-8H2. The number of aryl methyl sites for hydroxylation is 1. The lowest BCUT2D eigenvalue weighted by molar-refractivity contribution is 0.124. The fourth-order valence-corrected chi connectivity index (χ4v) is 2.22. The number of rotatable bonds is 2. The maximum absolute atomic E-state index is 9.57. The van der Waals surface area contributed by atoms with Crippen LogP contribution in [-0.2, 0) is 19.4 Å². The second-order valence-electron chi connectivity index (χ2n) is 4.66. The SMILES string of the molecule is Oc1ccc(Cc2nc3n(n2)CC(O)CC3)cc1. The fraction of sp³-hybridized carbons (Fsp3) is 0.385. The summed E-state index contributed by atoms with van der Waals surface area (Å²) < 4.78 is 1.80. The number of aromatic hydroxyl groups is 1. The van der Waals surface area contributed by atoms with E-state index in [4.69, 9.17) is 0 Å². The third-order valence-corrected chi connectivity index (χ3v) is 3.18.